The third-order valence-electron chi connectivity index (χ3n) is 2.33. The molecule has 0 bridgehead atoms. The zero-order valence-electron chi connectivity index (χ0n) is 8.74. The number of hydrogen-bond acceptors (Lipinski definition) is 2. The number of rotatable bonds is 2. The van der Waals surface area contributed by atoms with Gasteiger partial charge in [-0.2, -0.15) is 5.10 Å². The summed E-state index contributed by atoms with van der Waals surface area (Å²) in [4.78, 5) is 0. The van der Waals surface area contributed by atoms with E-state index < -0.39 is 11.6 Å². The monoisotopic (exact) mass is 223 g/mol. The van der Waals surface area contributed by atoms with Crippen LogP contribution >= 0.6 is 0 Å². The lowest BCUT2D eigenvalue weighted by molar-refractivity contribution is 0.579. The Bertz CT molecular complexity index is 520. The van der Waals surface area contributed by atoms with E-state index in [0.717, 1.165) is 12.1 Å². The first-order valence-electron chi connectivity index (χ1n) is 4.82. The number of hydrogen-bond donors (Lipinski definition) is 1. The fraction of sp³-hybridized carbons (Fsp3) is 0.182. The molecule has 0 saturated carbocycles. The lowest BCUT2D eigenvalue weighted by atomic mass is 10.2. The first-order chi connectivity index (χ1) is 7.61. The molecule has 2 rings (SSSR count). The Hall–Kier alpha value is -1.75. The highest BCUT2D eigenvalue weighted by Gasteiger charge is 2.10. The Labute approximate surface area is 91.5 Å². The minimum Gasteiger partial charge on any atom is -0.325 e. The summed E-state index contributed by atoms with van der Waals surface area (Å²) >= 11 is 0. The van der Waals surface area contributed by atoms with Gasteiger partial charge in [0.15, 0.2) is 0 Å². The van der Waals surface area contributed by atoms with Crippen molar-refractivity contribution in [3.05, 3.63) is 47.3 Å². The van der Waals surface area contributed by atoms with Crippen LogP contribution in [-0.2, 0) is 6.54 Å². The number of nitrogens with zero attached hydrogens (tertiary/aromatic N) is 2. The molecule has 0 aliphatic rings. The molecule has 2 aromatic rings. The molecule has 0 unspecified atom stereocenters. The molecule has 5 heteroatoms. The van der Waals surface area contributed by atoms with Crippen molar-refractivity contribution in [3.63, 3.8) is 0 Å². The SMILES string of the molecule is Cc1cc(F)c(-n2ccc(CN)n2)cc1F. The molecule has 1 aromatic carbocycles. The fourth-order valence-corrected chi connectivity index (χ4v) is 1.42. The lowest BCUT2D eigenvalue weighted by Crippen LogP contribution is -2.03. The molecule has 0 aliphatic heterocycles. The van der Waals surface area contributed by atoms with Gasteiger partial charge in [0.1, 0.15) is 17.3 Å². The van der Waals surface area contributed by atoms with E-state index in [2.05, 4.69) is 5.10 Å². The molecular weight excluding hydrogens is 212 g/mol. The topological polar surface area (TPSA) is 43.8 Å². The third kappa shape index (κ3) is 1.81. The summed E-state index contributed by atoms with van der Waals surface area (Å²) in [6.45, 7) is 1.78. The number of benzene rings is 1. The molecule has 0 fully saturated rings. The molecule has 0 aliphatic carbocycles. The van der Waals surface area contributed by atoms with Crippen molar-refractivity contribution in [2.24, 2.45) is 5.73 Å². The quantitative estimate of drug-likeness (QED) is 0.845. The summed E-state index contributed by atoms with van der Waals surface area (Å²) in [5.74, 6) is -0.966. The summed E-state index contributed by atoms with van der Waals surface area (Å²) in [6.07, 6.45) is 1.55. The van der Waals surface area contributed by atoms with E-state index in [-0.39, 0.29) is 17.8 Å². The number of aromatic nitrogens is 2. The predicted molar refractivity (Wildman–Crippen MR) is 56.1 cm³/mol. The van der Waals surface area contributed by atoms with Crippen LogP contribution in [0.3, 0.4) is 0 Å². The highest BCUT2D eigenvalue weighted by molar-refractivity contribution is 5.36. The zero-order valence-corrected chi connectivity index (χ0v) is 8.74. The van der Waals surface area contributed by atoms with Crippen molar-refractivity contribution in [3.8, 4) is 5.69 Å². The lowest BCUT2D eigenvalue weighted by Gasteiger charge is -2.05. The van der Waals surface area contributed by atoms with E-state index in [0.29, 0.717) is 5.69 Å². The van der Waals surface area contributed by atoms with Gasteiger partial charge >= 0.3 is 0 Å². The smallest absolute Gasteiger partial charge is 0.149 e. The predicted octanol–water partition coefficient (Wildman–Crippen LogP) is 1.92. The Morgan fingerprint density at radius 2 is 2.06 bits per heavy atom. The average Bonchev–Trinajstić information content (AvgIpc) is 2.71. The van der Waals surface area contributed by atoms with Crippen LogP contribution in [0.15, 0.2) is 24.4 Å². The molecule has 1 heterocycles. The molecule has 1 aromatic heterocycles. The first kappa shape index (κ1) is 10.8. The normalized spacial score (nSPS) is 10.8. The molecule has 0 atom stereocenters. The second-order valence-electron chi connectivity index (χ2n) is 3.51. The molecule has 84 valence electrons. The van der Waals surface area contributed by atoms with Crippen LogP contribution in [0, 0.1) is 18.6 Å². The van der Waals surface area contributed by atoms with E-state index in [1.165, 1.54) is 11.6 Å². The maximum Gasteiger partial charge on any atom is 0.149 e. The minimum atomic E-state index is -0.509. The standard InChI is InChI=1S/C11H11F2N3/c1-7-4-10(13)11(5-9(7)12)16-3-2-8(6-14)15-16/h2-5H,6,14H2,1H3. The fourth-order valence-electron chi connectivity index (χ4n) is 1.42. The molecule has 0 amide bonds. The van der Waals surface area contributed by atoms with Gasteiger partial charge in [-0.1, -0.05) is 0 Å². The highest BCUT2D eigenvalue weighted by atomic mass is 19.1. The molecule has 2 N–H and O–H groups in total. The van der Waals surface area contributed by atoms with Crippen molar-refractivity contribution in [1.29, 1.82) is 0 Å². The first-order valence-corrected chi connectivity index (χ1v) is 4.82. The largest absolute Gasteiger partial charge is 0.325 e. The van der Waals surface area contributed by atoms with E-state index in [1.54, 1.807) is 12.3 Å². The van der Waals surface area contributed by atoms with Gasteiger partial charge in [0, 0.05) is 18.8 Å². The Morgan fingerprint density at radius 3 is 2.69 bits per heavy atom. The van der Waals surface area contributed by atoms with Gasteiger partial charge < -0.3 is 5.73 Å². The van der Waals surface area contributed by atoms with Gasteiger partial charge in [0.2, 0.25) is 0 Å². The van der Waals surface area contributed by atoms with Crippen LogP contribution in [0.2, 0.25) is 0 Å². The number of halogens is 2. The van der Waals surface area contributed by atoms with Crippen molar-refractivity contribution in [1.82, 2.24) is 9.78 Å². The summed E-state index contributed by atoms with van der Waals surface area (Å²) in [5.41, 5.74) is 6.37. The molecular formula is C11H11F2N3. The average molecular weight is 223 g/mol. The van der Waals surface area contributed by atoms with Crippen molar-refractivity contribution >= 4 is 0 Å². The summed E-state index contributed by atoms with van der Waals surface area (Å²) in [6, 6.07) is 3.93. The van der Waals surface area contributed by atoms with E-state index in [9.17, 15) is 8.78 Å². The van der Waals surface area contributed by atoms with Crippen LogP contribution in [0.5, 0.6) is 0 Å². The zero-order chi connectivity index (χ0) is 11.7. The van der Waals surface area contributed by atoms with E-state index in [1.807, 2.05) is 0 Å². The number of aryl methyl sites for hydroxylation is 1. The van der Waals surface area contributed by atoms with Crippen LogP contribution < -0.4 is 5.73 Å². The Balaban J connectivity index is 2.51. The Kier molecular flexibility index (Phi) is 2.70. The molecule has 3 nitrogen and oxygen atoms in total. The molecule has 16 heavy (non-hydrogen) atoms. The Morgan fingerprint density at radius 1 is 1.31 bits per heavy atom. The molecule has 0 saturated heterocycles. The van der Waals surface area contributed by atoms with Crippen LogP contribution in [-0.4, -0.2) is 9.78 Å². The number of nitrogens with two attached hydrogens (primary N) is 1. The van der Waals surface area contributed by atoms with Crippen molar-refractivity contribution in [2.75, 3.05) is 0 Å². The maximum atomic E-state index is 13.6. The van der Waals surface area contributed by atoms with Crippen LogP contribution in [0.1, 0.15) is 11.3 Å². The summed E-state index contributed by atoms with van der Waals surface area (Å²) in [7, 11) is 0. The van der Waals surface area contributed by atoms with Gasteiger partial charge in [0.25, 0.3) is 0 Å². The van der Waals surface area contributed by atoms with Gasteiger partial charge in [0.05, 0.1) is 5.69 Å². The van der Waals surface area contributed by atoms with Gasteiger partial charge in [-0.15, -0.1) is 0 Å². The summed E-state index contributed by atoms with van der Waals surface area (Å²) in [5, 5.41) is 4.02. The highest BCUT2D eigenvalue weighted by Crippen LogP contribution is 2.17. The minimum absolute atomic E-state index is 0.0859. The van der Waals surface area contributed by atoms with Crippen LogP contribution in [0.25, 0.3) is 5.69 Å². The molecule has 0 radical (unpaired) electrons. The van der Waals surface area contributed by atoms with Gasteiger partial charge in [-0.25, -0.2) is 13.5 Å². The van der Waals surface area contributed by atoms with Crippen molar-refractivity contribution < 1.29 is 8.78 Å². The maximum absolute atomic E-state index is 13.6. The van der Waals surface area contributed by atoms with Crippen LogP contribution in [0.4, 0.5) is 8.78 Å². The van der Waals surface area contributed by atoms with E-state index in [4.69, 9.17) is 5.73 Å². The van der Waals surface area contributed by atoms with Gasteiger partial charge in [-0.05, 0) is 24.6 Å². The summed E-state index contributed by atoms with van der Waals surface area (Å²) < 4.78 is 28.1. The second kappa shape index (κ2) is 4.02. The van der Waals surface area contributed by atoms with E-state index >= 15 is 0 Å². The van der Waals surface area contributed by atoms with Gasteiger partial charge in [-0.3, -0.25) is 0 Å². The third-order valence-corrected chi connectivity index (χ3v) is 2.33. The van der Waals surface area contributed by atoms with Crippen molar-refractivity contribution in [2.45, 2.75) is 13.5 Å². The second-order valence-corrected chi connectivity index (χ2v) is 3.51. The molecule has 0 spiro atoms.